The number of benzene rings is 1. The van der Waals surface area contributed by atoms with Crippen molar-refractivity contribution in [1.82, 2.24) is 10.0 Å². The molecule has 0 bridgehead atoms. The van der Waals surface area contributed by atoms with E-state index in [9.17, 15) is 0 Å². The van der Waals surface area contributed by atoms with Crippen molar-refractivity contribution in [2.24, 2.45) is 0 Å². The average Bonchev–Trinajstić information content (AvgIpc) is 2.53. The van der Waals surface area contributed by atoms with E-state index < -0.39 is 0 Å². The van der Waals surface area contributed by atoms with E-state index in [0.717, 1.165) is 45.1 Å². The minimum Gasteiger partial charge on any atom is -0.378 e. The molecule has 2 aliphatic heterocycles. The maximum absolute atomic E-state index is 5.18. The van der Waals surface area contributed by atoms with Gasteiger partial charge in [0.2, 0.25) is 0 Å². The number of aryl methyl sites for hydroxylation is 1. The third-order valence-corrected chi connectivity index (χ3v) is 4.76. The lowest BCUT2D eigenvalue weighted by molar-refractivity contribution is 0.00599. The van der Waals surface area contributed by atoms with Crippen molar-refractivity contribution in [3.63, 3.8) is 0 Å². The molecular weight excluding hydrogens is 294 g/mol. The molecule has 2 fully saturated rings. The minimum absolute atomic E-state index is 0.535. The van der Waals surface area contributed by atoms with Gasteiger partial charge in [-0.25, -0.2) is 0 Å². The molecule has 2 heterocycles. The Balaban J connectivity index is 0.000000847. The highest BCUT2D eigenvalue weighted by Gasteiger charge is 2.18. The molecule has 0 atom stereocenters. The lowest BCUT2D eigenvalue weighted by Gasteiger charge is -2.31. The van der Waals surface area contributed by atoms with Gasteiger partial charge in [0.1, 0.15) is 0 Å². The Bertz CT molecular complexity index is 446. The first-order chi connectivity index (χ1) is 10.8. The summed E-state index contributed by atoms with van der Waals surface area (Å²) >= 11 is 1.80. The highest BCUT2D eigenvalue weighted by atomic mass is 32.2. The van der Waals surface area contributed by atoms with Crippen LogP contribution in [0.15, 0.2) is 18.2 Å². The normalized spacial score (nSPS) is 18.4. The topological polar surface area (TPSA) is 36.5 Å². The zero-order chi connectivity index (χ0) is 15.8. The average molecular weight is 324 g/mol. The summed E-state index contributed by atoms with van der Waals surface area (Å²) in [5, 5.41) is 3.42. The second kappa shape index (κ2) is 9.40. The molecule has 0 radical (unpaired) electrons. The van der Waals surface area contributed by atoms with E-state index in [1.54, 1.807) is 11.9 Å². The smallest absolute Gasteiger partial charge is 0.0651 e. The van der Waals surface area contributed by atoms with Gasteiger partial charge in [-0.05, 0) is 18.6 Å². The Morgan fingerprint density at radius 2 is 2.00 bits per heavy atom. The van der Waals surface area contributed by atoms with E-state index in [1.807, 2.05) is 13.8 Å². The van der Waals surface area contributed by atoms with E-state index >= 15 is 0 Å². The van der Waals surface area contributed by atoms with E-state index in [0.29, 0.717) is 6.04 Å². The van der Waals surface area contributed by atoms with Crippen molar-refractivity contribution in [2.45, 2.75) is 32.6 Å². The Morgan fingerprint density at radius 1 is 1.27 bits per heavy atom. The van der Waals surface area contributed by atoms with Gasteiger partial charge in [0.05, 0.1) is 19.3 Å². The van der Waals surface area contributed by atoms with Crippen LogP contribution in [0.1, 0.15) is 25.0 Å². The Morgan fingerprint density at radius 3 is 2.64 bits per heavy atom. The lowest BCUT2D eigenvalue weighted by atomic mass is 10.1. The first kappa shape index (κ1) is 17.6. The molecule has 2 N–H and O–H groups in total. The predicted molar refractivity (Wildman–Crippen MR) is 96.6 cm³/mol. The van der Waals surface area contributed by atoms with E-state index in [2.05, 4.69) is 40.1 Å². The summed E-state index contributed by atoms with van der Waals surface area (Å²) in [6.07, 6.45) is 0. The maximum atomic E-state index is 5.18. The van der Waals surface area contributed by atoms with E-state index in [-0.39, 0.29) is 0 Å². The van der Waals surface area contributed by atoms with Gasteiger partial charge >= 0.3 is 0 Å². The van der Waals surface area contributed by atoms with Crippen molar-refractivity contribution in [1.29, 1.82) is 0 Å². The summed E-state index contributed by atoms with van der Waals surface area (Å²) in [4.78, 5) is 2.50. The van der Waals surface area contributed by atoms with Gasteiger partial charge in [-0.1, -0.05) is 43.5 Å². The van der Waals surface area contributed by atoms with Gasteiger partial charge in [-0.3, -0.25) is 4.72 Å². The first-order valence-corrected chi connectivity index (χ1v) is 9.32. The van der Waals surface area contributed by atoms with Gasteiger partial charge in [0.15, 0.2) is 0 Å². The Labute approximate surface area is 139 Å². The quantitative estimate of drug-likeness (QED) is 0.815. The monoisotopic (exact) mass is 323 g/mol. The summed E-state index contributed by atoms with van der Waals surface area (Å²) < 4.78 is 8.66. The molecule has 0 saturated carbocycles. The van der Waals surface area contributed by atoms with Crippen molar-refractivity contribution in [3.05, 3.63) is 29.3 Å². The molecule has 22 heavy (non-hydrogen) atoms. The van der Waals surface area contributed by atoms with Crippen LogP contribution in [0.2, 0.25) is 0 Å². The SMILES string of the molecule is CC.Cc1ccc(N2CCNCC2)c(CSNC2COC2)c1. The number of ether oxygens (including phenoxy) is 1. The number of hydrogen-bond acceptors (Lipinski definition) is 5. The van der Waals surface area contributed by atoms with Crippen LogP contribution < -0.4 is 14.9 Å². The molecule has 0 amide bonds. The summed E-state index contributed by atoms with van der Waals surface area (Å²) in [5.74, 6) is 1.01. The number of anilines is 1. The second-order valence-corrected chi connectivity index (χ2v) is 6.32. The number of hydrogen-bond donors (Lipinski definition) is 2. The molecule has 2 saturated heterocycles. The molecule has 1 aromatic rings. The maximum Gasteiger partial charge on any atom is 0.0651 e. The molecule has 0 spiro atoms. The van der Waals surface area contributed by atoms with Gasteiger partial charge in [0, 0.05) is 37.6 Å². The largest absolute Gasteiger partial charge is 0.378 e. The number of nitrogens with zero attached hydrogens (tertiary/aromatic N) is 1. The van der Waals surface area contributed by atoms with Crippen LogP contribution in [0.4, 0.5) is 5.69 Å². The van der Waals surface area contributed by atoms with Crippen molar-refractivity contribution in [2.75, 3.05) is 44.3 Å². The Kier molecular flexibility index (Phi) is 7.52. The van der Waals surface area contributed by atoms with Crippen molar-refractivity contribution >= 4 is 17.6 Å². The van der Waals surface area contributed by atoms with Gasteiger partial charge in [0.25, 0.3) is 0 Å². The van der Waals surface area contributed by atoms with Crippen LogP contribution >= 0.6 is 11.9 Å². The third-order valence-electron chi connectivity index (χ3n) is 3.81. The summed E-state index contributed by atoms with van der Waals surface area (Å²) in [6, 6.07) is 7.36. The number of nitrogens with one attached hydrogen (secondary N) is 2. The van der Waals surface area contributed by atoms with E-state index in [4.69, 9.17) is 4.74 Å². The third kappa shape index (κ3) is 4.88. The summed E-state index contributed by atoms with van der Waals surface area (Å²) in [5.41, 5.74) is 4.17. The lowest BCUT2D eigenvalue weighted by Crippen LogP contribution is -2.44. The molecule has 0 aliphatic carbocycles. The molecular formula is C17H29N3OS. The second-order valence-electron chi connectivity index (χ2n) is 5.51. The molecule has 1 aromatic carbocycles. The summed E-state index contributed by atoms with van der Waals surface area (Å²) in [7, 11) is 0. The van der Waals surface area contributed by atoms with Crippen LogP contribution in [0.25, 0.3) is 0 Å². The fourth-order valence-electron chi connectivity index (χ4n) is 2.59. The highest BCUT2D eigenvalue weighted by molar-refractivity contribution is 7.96. The van der Waals surface area contributed by atoms with Gasteiger partial charge < -0.3 is 15.0 Å². The molecule has 0 aromatic heterocycles. The standard InChI is InChI=1S/C15H23N3OS.C2H6/c1-12-2-3-15(18-6-4-16-5-7-18)13(8-12)11-20-17-14-9-19-10-14;1-2/h2-3,8,14,16-17H,4-7,9-11H2,1H3;1-2H3. The minimum atomic E-state index is 0.535. The Hall–Kier alpha value is -0.750. The van der Waals surface area contributed by atoms with Crippen LogP contribution in [0.5, 0.6) is 0 Å². The van der Waals surface area contributed by atoms with Crippen molar-refractivity contribution < 1.29 is 4.74 Å². The van der Waals surface area contributed by atoms with Crippen LogP contribution in [-0.4, -0.2) is 45.4 Å². The van der Waals surface area contributed by atoms with Crippen molar-refractivity contribution in [3.8, 4) is 0 Å². The molecule has 124 valence electrons. The van der Waals surface area contributed by atoms with E-state index in [1.165, 1.54) is 16.8 Å². The number of rotatable bonds is 5. The molecule has 4 nitrogen and oxygen atoms in total. The van der Waals surface area contributed by atoms with Crippen LogP contribution in [0, 0.1) is 6.92 Å². The molecule has 3 rings (SSSR count). The fraction of sp³-hybridized carbons (Fsp3) is 0.647. The zero-order valence-corrected chi connectivity index (χ0v) is 14.8. The predicted octanol–water partition coefficient (Wildman–Crippen LogP) is 2.57. The fourth-order valence-corrected chi connectivity index (χ4v) is 3.43. The van der Waals surface area contributed by atoms with Gasteiger partial charge in [-0.2, -0.15) is 0 Å². The van der Waals surface area contributed by atoms with Gasteiger partial charge in [-0.15, -0.1) is 0 Å². The van der Waals surface area contributed by atoms with Crippen LogP contribution in [-0.2, 0) is 10.5 Å². The molecule has 5 heteroatoms. The molecule has 2 aliphatic rings. The van der Waals surface area contributed by atoms with Crippen LogP contribution in [0.3, 0.4) is 0 Å². The number of piperazine rings is 1. The zero-order valence-electron chi connectivity index (χ0n) is 14.0. The molecule has 0 unspecified atom stereocenters. The first-order valence-electron chi connectivity index (χ1n) is 8.33. The highest BCUT2D eigenvalue weighted by Crippen LogP contribution is 2.26. The summed E-state index contributed by atoms with van der Waals surface area (Å²) in [6.45, 7) is 12.2.